The highest BCUT2D eigenvalue weighted by molar-refractivity contribution is 7.89. The maximum Gasteiger partial charge on any atom is 0.262 e. The Labute approximate surface area is 115 Å². The van der Waals surface area contributed by atoms with Crippen LogP contribution in [-0.2, 0) is 14.8 Å². The molecule has 20 heavy (non-hydrogen) atoms. The van der Waals surface area contributed by atoms with E-state index < -0.39 is 44.3 Å². The molecule has 1 atom stereocenters. The molecule has 0 fully saturated rings. The van der Waals surface area contributed by atoms with E-state index in [2.05, 4.69) is 0 Å². The average molecular weight is 308 g/mol. The third-order valence-electron chi connectivity index (χ3n) is 2.41. The number of nitrogens with zero attached hydrogens (tertiary/aromatic N) is 1. The molecule has 1 amide bonds. The first-order chi connectivity index (χ1) is 9.05. The first-order valence-electron chi connectivity index (χ1n) is 5.44. The van der Waals surface area contributed by atoms with Gasteiger partial charge in [0.1, 0.15) is 4.90 Å². The molecule has 1 unspecified atom stereocenters. The maximum absolute atomic E-state index is 13.7. The second kappa shape index (κ2) is 5.71. The Hall–Kier alpha value is -1.74. The van der Waals surface area contributed by atoms with Crippen molar-refractivity contribution in [3.63, 3.8) is 0 Å². The molecule has 0 spiro atoms. The number of primary sulfonamides is 1. The van der Waals surface area contributed by atoms with Crippen LogP contribution in [0, 0.1) is 11.6 Å². The number of likely N-dealkylation sites (N-methyl/N-ethyl adjacent to an activating group) is 1. The van der Waals surface area contributed by atoms with Crippen molar-refractivity contribution in [2.45, 2.75) is 17.9 Å². The molecule has 0 heterocycles. The van der Waals surface area contributed by atoms with E-state index in [4.69, 9.17) is 9.88 Å². The van der Waals surface area contributed by atoms with E-state index in [1.54, 1.807) is 0 Å². The summed E-state index contributed by atoms with van der Waals surface area (Å²) in [6.45, 7) is 1.35. The predicted octanol–water partition coefficient (Wildman–Crippen LogP) is 0.468. The Balaban J connectivity index is 3.12. The number of amides is 1. The Morgan fingerprint density at radius 1 is 1.30 bits per heavy atom. The molecule has 1 aromatic carbocycles. The zero-order chi connectivity index (χ0) is 15.7. The summed E-state index contributed by atoms with van der Waals surface area (Å²) in [5.74, 6) is -4.19. The number of sulfonamides is 1. The minimum absolute atomic E-state index is 0.458. The molecule has 0 bridgehead atoms. The molecule has 6 nitrogen and oxygen atoms in total. The van der Waals surface area contributed by atoms with Crippen molar-refractivity contribution in [1.29, 1.82) is 0 Å². The Bertz CT molecular complexity index is 632. The molecule has 0 saturated carbocycles. The fourth-order valence-corrected chi connectivity index (χ4v) is 2.03. The highest BCUT2D eigenvalue weighted by atomic mass is 32.2. The molecule has 112 valence electrons. The summed E-state index contributed by atoms with van der Waals surface area (Å²) in [6, 6.07) is 1.67. The van der Waals surface area contributed by atoms with E-state index in [9.17, 15) is 22.0 Å². The molecule has 0 aliphatic rings. The molecular weight excluding hydrogens is 294 g/mol. The van der Waals surface area contributed by atoms with Crippen LogP contribution in [0.15, 0.2) is 17.0 Å². The van der Waals surface area contributed by atoms with Crippen molar-refractivity contribution in [2.75, 3.05) is 14.1 Å². The zero-order valence-electron chi connectivity index (χ0n) is 11.1. The number of carbonyl (C=O) groups is 1. The fourth-order valence-electron chi connectivity index (χ4n) is 1.43. The number of ether oxygens (including phenoxy) is 1. The van der Waals surface area contributed by atoms with Gasteiger partial charge in [0, 0.05) is 14.1 Å². The van der Waals surface area contributed by atoms with Gasteiger partial charge in [-0.1, -0.05) is 0 Å². The summed E-state index contributed by atoms with van der Waals surface area (Å²) in [5, 5.41) is 4.73. The van der Waals surface area contributed by atoms with Crippen LogP contribution in [0.2, 0.25) is 0 Å². The van der Waals surface area contributed by atoms with Crippen LogP contribution >= 0.6 is 0 Å². The maximum atomic E-state index is 13.7. The second-order valence-corrected chi connectivity index (χ2v) is 5.76. The number of carbonyl (C=O) groups excluding carboxylic acids is 1. The van der Waals surface area contributed by atoms with Gasteiger partial charge in [-0.3, -0.25) is 4.79 Å². The minimum Gasteiger partial charge on any atom is -0.478 e. The summed E-state index contributed by atoms with van der Waals surface area (Å²) >= 11 is 0. The molecule has 0 saturated heterocycles. The average Bonchev–Trinajstić information content (AvgIpc) is 2.32. The smallest absolute Gasteiger partial charge is 0.262 e. The van der Waals surface area contributed by atoms with Gasteiger partial charge in [-0.25, -0.2) is 17.9 Å². The van der Waals surface area contributed by atoms with Crippen LogP contribution in [0.1, 0.15) is 6.92 Å². The normalized spacial score (nSPS) is 12.9. The van der Waals surface area contributed by atoms with Crippen molar-refractivity contribution in [3.05, 3.63) is 23.8 Å². The quantitative estimate of drug-likeness (QED) is 0.875. The molecular formula is C11H14F2N2O4S. The summed E-state index contributed by atoms with van der Waals surface area (Å²) in [5.41, 5.74) is 0. The van der Waals surface area contributed by atoms with Crippen LogP contribution < -0.4 is 9.88 Å². The molecule has 1 aromatic rings. The third kappa shape index (κ3) is 3.42. The highest BCUT2D eigenvalue weighted by Gasteiger charge is 2.24. The summed E-state index contributed by atoms with van der Waals surface area (Å²) in [4.78, 5) is 11.8. The monoisotopic (exact) mass is 308 g/mol. The van der Waals surface area contributed by atoms with E-state index in [-0.39, 0.29) is 0 Å². The van der Waals surface area contributed by atoms with Crippen LogP contribution in [-0.4, -0.2) is 39.4 Å². The van der Waals surface area contributed by atoms with Gasteiger partial charge >= 0.3 is 0 Å². The summed E-state index contributed by atoms with van der Waals surface area (Å²) in [7, 11) is -1.43. The Morgan fingerprint density at radius 2 is 1.85 bits per heavy atom. The molecule has 0 radical (unpaired) electrons. The predicted molar refractivity (Wildman–Crippen MR) is 66.5 cm³/mol. The van der Waals surface area contributed by atoms with Gasteiger partial charge in [-0.15, -0.1) is 0 Å². The number of hydrogen-bond donors (Lipinski definition) is 1. The molecule has 9 heteroatoms. The largest absolute Gasteiger partial charge is 0.478 e. The van der Waals surface area contributed by atoms with Crippen molar-refractivity contribution < 1.29 is 26.7 Å². The molecule has 1 rings (SSSR count). The van der Waals surface area contributed by atoms with Crippen molar-refractivity contribution in [3.8, 4) is 5.75 Å². The molecule has 0 aliphatic carbocycles. The van der Waals surface area contributed by atoms with Gasteiger partial charge in [0.05, 0.1) is 0 Å². The van der Waals surface area contributed by atoms with Gasteiger partial charge in [-0.2, -0.15) is 4.39 Å². The lowest BCUT2D eigenvalue weighted by molar-refractivity contribution is -0.135. The van der Waals surface area contributed by atoms with Gasteiger partial charge in [0.2, 0.25) is 15.8 Å². The van der Waals surface area contributed by atoms with Crippen LogP contribution in [0.3, 0.4) is 0 Å². The number of nitrogens with two attached hydrogens (primary N) is 1. The van der Waals surface area contributed by atoms with Gasteiger partial charge < -0.3 is 9.64 Å². The van der Waals surface area contributed by atoms with Crippen molar-refractivity contribution in [2.24, 2.45) is 5.14 Å². The zero-order valence-corrected chi connectivity index (χ0v) is 11.9. The first kappa shape index (κ1) is 16.3. The second-order valence-electron chi connectivity index (χ2n) is 4.23. The van der Waals surface area contributed by atoms with Gasteiger partial charge in [-0.05, 0) is 19.1 Å². The lowest BCUT2D eigenvalue weighted by atomic mass is 10.3. The fraction of sp³-hybridized carbons (Fsp3) is 0.364. The van der Waals surface area contributed by atoms with Crippen LogP contribution in [0.4, 0.5) is 8.78 Å². The van der Waals surface area contributed by atoms with E-state index >= 15 is 0 Å². The van der Waals surface area contributed by atoms with E-state index in [0.29, 0.717) is 0 Å². The van der Waals surface area contributed by atoms with Crippen molar-refractivity contribution >= 4 is 15.9 Å². The van der Waals surface area contributed by atoms with E-state index in [1.165, 1.54) is 25.9 Å². The van der Waals surface area contributed by atoms with Gasteiger partial charge in [0.15, 0.2) is 17.7 Å². The summed E-state index contributed by atoms with van der Waals surface area (Å²) in [6.07, 6.45) is -1.06. The molecule has 0 aromatic heterocycles. The first-order valence-corrected chi connectivity index (χ1v) is 6.99. The van der Waals surface area contributed by atoms with E-state index in [0.717, 1.165) is 12.1 Å². The Morgan fingerprint density at radius 3 is 2.30 bits per heavy atom. The topological polar surface area (TPSA) is 89.7 Å². The third-order valence-corrected chi connectivity index (χ3v) is 3.34. The SMILES string of the molecule is CC(Oc1ccc(S(N)(=O)=O)c(F)c1F)C(=O)N(C)C. The molecule has 0 aliphatic heterocycles. The molecule has 2 N–H and O–H groups in total. The number of halogens is 2. The minimum atomic E-state index is -4.38. The van der Waals surface area contributed by atoms with Crippen molar-refractivity contribution in [1.82, 2.24) is 4.90 Å². The summed E-state index contributed by atoms with van der Waals surface area (Å²) < 4.78 is 54.2. The lowest BCUT2D eigenvalue weighted by Crippen LogP contribution is -2.35. The van der Waals surface area contributed by atoms with Crippen LogP contribution in [0.25, 0.3) is 0 Å². The standard InChI is InChI=1S/C11H14F2N2O4S/c1-6(11(16)15(2)3)19-7-4-5-8(20(14,17)18)10(13)9(7)12/h4-6H,1-3H3,(H2,14,17,18). The number of benzene rings is 1. The number of rotatable bonds is 4. The highest BCUT2D eigenvalue weighted by Crippen LogP contribution is 2.25. The Kier molecular flexibility index (Phi) is 4.66. The van der Waals surface area contributed by atoms with E-state index in [1.807, 2.05) is 0 Å². The number of hydrogen-bond acceptors (Lipinski definition) is 4. The van der Waals surface area contributed by atoms with Gasteiger partial charge in [0.25, 0.3) is 5.91 Å². The lowest BCUT2D eigenvalue weighted by Gasteiger charge is -2.18. The van der Waals surface area contributed by atoms with Crippen LogP contribution in [0.5, 0.6) is 5.75 Å².